The molecule has 1 heterocycles. The zero-order valence-corrected chi connectivity index (χ0v) is 12.6. The van der Waals surface area contributed by atoms with E-state index in [2.05, 4.69) is 22.2 Å². The third-order valence-corrected chi connectivity index (χ3v) is 2.92. The molecular weight excluding hydrogens is 256 g/mol. The quantitative estimate of drug-likeness (QED) is 0.694. The fraction of sp³-hybridized carbons (Fsp3) is 0.643. The first kappa shape index (κ1) is 16.4. The summed E-state index contributed by atoms with van der Waals surface area (Å²) in [5, 5.41) is 2.78. The molecule has 0 aliphatic rings. The summed E-state index contributed by atoms with van der Waals surface area (Å²) in [6, 6.07) is 0. The molecule has 1 amide bonds. The largest absolute Gasteiger partial charge is 0.385 e. The summed E-state index contributed by atoms with van der Waals surface area (Å²) in [5.41, 5.74) is 0.343. The van der Waals surface area contributed by atoms with Gasteiger partial charge >= 0.3 is 0 Å². The molecule has 6 heteroatoms. The molecule has 1 aromatic rings. The summed E-state index contributed by atoms with van der Waals surface area (Å²) >= 11 is 0. The van der Waals surface area contributed by atoms with Crippen LogP contribution in [0.1, 0.15) is 36.7 Å². The van der Waals surface area contributed by atoms with Crippen molar-refractivity contribution in [1.29, 1.82) is 0 Å². The van der Waals surface area contributed by atoms with Gasteiger partial charge in [-0.15, -0.1) is 0 Å². The van der Waals surface area contributed by atoms with Gasteiger partial charge < -0.3 is 15.0 Å². The first-order chi connectivity index (χ1) is 9.69. The highest BCUT2D eigenvalue weighted by Gasteiger charge is 2.08. The number of ether oxygens (including phenoxy) is 1. The maximum absolute atomic E-state index is 11.8. The number of carbonyl (C=O) groups is 1. The van der Waals surface area contributed by atoms with E-state index in [1.807, 2.05) is 11.9 Å². The number of carbonyl (C=O) groups excluding carboxylic acids is 1. The Morgan fingerprint density at radius 3 is 2.75 bits per heavy atom. The number of nitrogens with one attached hydrogen (secondary N) is 1. The van der Waals surface area contributed by atoms with Crippen LogP contribution in [0.3, 0.4) is 0 Å². The van der Waals surface area contributed by atoms with E-state index in [0.29, 0.717) is 18.8 Å². The standard InChI is InChI=1S/C14H24N4O2/c1-4-5-8-18(2)13-11-16-12(10-17-13)14(19)15-7-6-9-20-3/h10-11H,4-9H2,1-3H3,(H,15,19). The second-order valence-electron chi connectivity index (χ2n) is 4.64. The molecule has 0 unspecified atom stereocenters. The molecule has 0 aliphatic heterocycles. The van der Waals surface area contributed by atoms with Crippen molar-refractivity contribution in [1.82, 2.24) is 15.3 Å². The number of methoxy groups -OCH3 is 1. The van der Waals surface area contributed by atoms with Gasteiger partial charge in [0.05, 0.1) is 12.4 Å². The Kier molecular flexibility index (Phi) is 7.57. The number of hydrogen-bond acceptors (Lipinski definition) is 5. The van der Waals surface area contributed by atoms with Gasteiger partial charge in [0.2, 0.25) is 0 Å². The average Bonchev–Trinajstić information content (AvgIpc) is 2.49. The number of aromatic nitrogens is 2. The lowest BCUT2D eigenvalue weighted by Gasteiger charge is -2.17. The Hall–Kier alpha value is -1.69. The highest BCUT2D eigenvalue weighted by atomic mass is 16.5. The fourth-order valence-corrected chi connectivity index (χ4v) is 1.65. The first-order valence-electron chi connectivity index (χ1n) is 6.99. The van der Waals surface area contributed by atoms with E-state index in [1.165, 1.54) is 6.20 Å². The van der Waals surface area contributed by atoms with Crippen molar-refractivity contribution in [3.63, 3.8) is 0 Å². The van der Waals surface area contributed by atoms with Crippen LogP contribution in [-0.4, -0.2) is 49.7 Å². The maximum atomic E-state index is 11.8. The van der Waals surface area contributed by atoms with Crippen LogP contribution in [0, 0.1) is 0 Å². The average molecular weight is 280 g/mol. The molecule has 0 saturated carbocycles. The molecule has 1 N–H and O–H groups in total. The molecule has 0 aromatic carbocycles. The van der Waals surface area contributed by atoms with Gasteiger partial charge in [-0.3, -0.25) is 4.79 Å². The third-order valence-electron chi connectivity index (χ3n) is 2.92. The molecule has 112 valence electrons. The minimum Gasteiger partial charge on any atom is -0.385 e. The summed E-state index contributed by atoms with van der Waals surface area (Å²) in [5.74, 6) is 0.589. The van der Waals surface area contributed by atoms with Gasteiger partial charge in [0, 0.05) is 33.9 Å². The molecule has 1 rings (SSSR count). The molecule has 1 aromatic heterocycles. The van der Waals surface area contributed by atoms with Gasteiger partial charge in [0.1, 0.15) is 11.5 Å². The van der Waals surface area contributed by atoms with Gasteiger partial charge in [-0.05, 0) is 12.8 Å². The van der Waals surface area contributed by atoms with E-state index in [1.54, 1.807) is 13.3 Å². The summed E-state index contributed by atoms with van der Waals surface area (Å²) in [6.07, 6.45) is 6.19. The second kappa shape index (κ2) is 9.25. The van der Waals surface area contributed by atoms with Gasteiger partial charge in [-0.1, -0.05) is 13.3 Å². The predicted molar refractivity (Wildman–Crippen MR) is 79.0 cm³/mol. The molecular formula is C14H24N4O2. The number of amides is 1. The minimum atomic E-state index is -0.198. The van der Waals surface area contributed by atoms with Crippen molar-refractivity contribution in [3.8, 4) is 0 Å². The van der Waals surface area contributed by atoms with Gasteiger partial charge in [-0.25, -0.2) is 9.97 Å². The minimum absolute atomic E-state index is 0.198. The Bertz CT molecular complexity index is 395. The van der Waals surface area contributed by atoms with Crippen molar-refractivity contribution in [2.24, 2.45) is 0 Å². The zero-order chi connectivity index (χ0) is 14.8. The monoisotopic (exact) mass is 280 g/mol. The Morgan fingerprint density at radius 2 is 2.15 bits per heavy atom. The zero-order valence-electron chi connectivity index (χ0n) is 12.6. The third kappa shape index (κ3) is 5.52. The van der Waals surface area contributed by atoms with Crippen LogP contribution < -0.4 is 10.2 Å². The first-order valence-corrected chi connectivity index (χ1v) is 6.99. The number of hydrogen-bond donors (Lipinski definition) is 1. The molecule has 0 aliphatic carbocycles. The lowest BCUT2D eigenvalue weighted by atomic mass is 10.3. The number of anilines is 1. The molecule has 0 radical (unpaired) electrons. The van der Waals surface area contributed by atoms with E-state index < -0.39 is 0 Å². The van der Waals surface area contributed by atoms with E-state index in [-0.39, 0.29) is 5.91 Å². The van der Waals surface area contributed by atoms with Crippen molar-refractivity contribution < 1.29 is 9.53 Å². The second-order valence-corrected chi connectivity index (χ2v) is 4.64. The van der Waals surface area contributed by atoms with Gasteiger partial charge in [-0.2, -0.15) is 0 Å². The Morgan fingerprint density at radius 1 is 1.35 bits per heavy atom. The number of rotatable bonds is 9. The molecule has 20 heavy (non-hydrogen) atoms. The van der Waals surface area contributed by atoms with E-state index in [4.69, 9.17) is 4.74 Å². The van der Waals surface area contributed by atoms with Crippen LogP contribution in [-0.2, 0) is 4.74 Å². The number of unbranched alkanes of at least 4 members (excludes halogenated alkanes) is 1. The normalized spacial score (nSPS) is 10.3. The van der Waals surface area contributed by atoms with Crippen LogP contribution in [0.2, 0.25) is 0 Å². The molecule has 0 spiro atoms. The van der Waals surface area contributed by atoms with Crippen molar-refractivity contribution in [2.45, 2.75) is 26.2 Å². The van der Waals surface area contributed by atoms with Crippen molar-refractivity contribution in [3.05, 3.63) is 18.1 Å². The fourth-order valence-electron chi connectivity index (χ4n) is 1.65. The Labute approximate surface area is 120 Å². The lowest BCUT2D eigenvalue weighted by Crippen LogP contribution is -2.26. The van der Waals surface area contributed by atoms with Crippen LogP contribution in [0.25, 0.3) is 0 Å². The van der Waals surface area contributed by atoms with Crippen LogP contribution >= 0.6 is 0 Å². The van der Waals surface area contributed by atoms with Crippen LogP contribution in [0.15, 0.2) is 12.4 Å². The van der Waals surface area contributed by atoms with E-state index in [0.717, 1.165) is 31.6 Å². The molecule has 6 nitrogen and oxygen atoms in total. The van der Waals surface area contributed by atoms with E-state index in [9.17, 15) is 4.79 Å². The Balaban J connectivity index is 2.46. The number of nitrogens with zero attached hydrogens (tertiary/aromatic N) is 3. The predicted octanol–water partition coefficient (Wildman–Crippen LogP) is 1.48. The van der Waals surface area contributed by atoms with Crippen molar-refractivity contribution >= 4 is 11.7 Å². The summed E-state index contributed by atoms with van der Waals surface area (Å²) in [7, 11) is 3.62. The van der Waals surface area contributed by atoms with Gasteiger partial charge in [0.25, 0.3) is 5.91 Å². The smallest absolute Gasteiger partial charge is 0.271 e. The van der Waals surface area contributed by atoms with Gasteiger partial charge in [0.15, 0.2) is 0 Å². The van der Waals surface area contributed by atoms with Crippen LogP contribution in [0.4, 0.5) is 5.82 Å². The summed E-state index contributed by atoms with van der Waals surface area (Å²) < 4.78 is 4.92. The van der Waals surface area contributed by atoms with Crippen molar-refractivity contribution in [2.75, 3.05) is 38.8 Å². The summed E-state index contributed by atoms with van der Waals surface area (Å²) in [4.78, 5) is 22.3. The lowest BCUT2D eigenvalue weighted by molar-refractivity contribution is 0.0943. The summed E-state index contributed by atoms with van der Waals surface area (Å²) in [6.45, 7) is 4.30. The highest BCUT2D eigenvalue weighted by molar-refractivity contribution is 5.91. The van der Waals surface area contributed by atoms with Crippen LogP contribution in [0.5, 0.6) is 0 Å². The molecule has 0 fully saturated rings. The highest BCUT2D eigenvalue weighted by Crippen LogP contribution is 2.07. The SMILES string of the molecule is CCCCN(C)c1cnc(C(=O)NCCCOC)cn1. The molecule has 0 saturated heterocycles. The molecule has 0 bridgehead atoms. The van der Waals surface area contributed by atoms with E-state index >= 15 is 0 Å². The topological polar surface area (TPSA) is 67.4 Å². The molecule has 0 atom stereocenters. The maximum Gasteiger partial charge on any atom is 0.271 e.